The summed E-state index contributed by atoms with van der Waals surface area (Å²) in [5, 5.41) is 2.57. The molecular formula is C18H19FN2O5. The monoisotopic (exact) mass is 362 g/mol. The van der Waals surface area contributed by atoms with Crippen molar-refractivity contribution in [3.8, 4) is 5.88 Å². The summed E-state index contributed by atoms with van der Waals surface area (Å²) >= 11 is 0. The number of benzene rings is 1. The van der Waals surface area contributed by atoms with Gasteiger partial charge in [-0.15, -0.1) is 0 Å². The molecule has 0 aliphatic carbocycles. The Kier molecular flexibility index (Phi) is 7.04. The van der Waals surface area contributed by atoms with Crippen molar-refractivity contribution in [2.75, 3.05) is 27.4 Å². The molecule has 1 aromatic heterocycles. The van der Waals surface area contributed by atoms with Crippen molar-refractivity contribution in [2.45, 2.75) is 6.04 Å². The standard InChI is InChI=1S/C18H19FN2O5/c1-24-9-10-26-15-11-13(7-8-20-15)17(22)21-16(18(23)25-2)12-3-5-14(19)6-4-12/h3-8,11,16H,9-10H2,1-2H3,(H,21,22)/t16-/m1/s1. The number of nitrogens with one attached hydrogen (secondary N) is 1. The predicted molar refractivity (Wildman–Crippen MR) is 90.2 cm³/mol. The maximum absolute atomic E-state index is 13.1. The van der Waals surface area contributed by atoms with Gasteiger partial charge in [-0.3, -0.25) is 4.79 Å². The van der Waals surface area contributed by atoms with Gasteiger partial charge in [-0.25, -0.2) is 14.2 Å². The largest absolute Gasteiger partial charge is 0.475 e. The third kappa shape index (κ3) is 5.25. The molecule has 0 saturated carbocycles. The smallest absolute Gasteiger partial charge is 0.333 e. The van der Waals surface area contributed by atoms with Crippen LogP contribution >= 0.6 is 0 Å². The predicted octanol–water partition coefficient (Wildman–Crippen LogP) is 1.89. The molecule has 1 heterocycles. The fourth-order valence-corrected chi connectivity index (χ4v) is 2.13. The number of esters is 1. The maximum Gasteiger partial charge on any atom is 0.333 e. The molecule has 0 radical (unpaired) electrons. The van der Waals surface area contributed by atoms with Gasteiger partial charge < -0.3 is 19.5 Å². The zero-order chi connectivity index (χ0) is 18.9. The van der Waals surface area contributed by atoms with Gasteiger partial charge in [0.1, 0.15) is 12.4 Å². The third-order valence-electron chi connectivity index (χ3n) is 3.45. The van der Waals surface area contributed by atoms with E-state index in [4.69, 9.17) is 14.2 Å². The Morgan fingerprint density at radius 3 is 2.54 bits per heavy atom. The van der Waals surface area contributed by atoms with Gasteiger partial charge in [0.25, 0.3) is 5.91 Å². The summed E-state index contributed by atoms with van der Waals surface area (Å²) in [7, 11) is 2.75. The second kappa shape index (κ2) is 9.47. The third-order valence-corrected chi connectivity index (χ3v) is 3.45. The van der Waals surface area contributed by atoms with Gasteiger partial charge in [-0.05, 0) is 23.8 Å². The second-order valence-electron chi connectivity index (χ2n) is 5.21. The molecule has 0 saturated heterocycles. The van der Waals surface area contributed by atoms with E-state index in [2.05, 4.69) is 10.3 Å². The second-order valence-corrected chi connectivity index (χ2v) is 5.21. The van der Waals surface area contributed by atoms with Crippen LogP contribution in [0.15, 0.2) is 42.6 Å². The molecule has 8 heteroatoms. The maximum atomic E-state index is 13.1. The van der Waals surface area contributed by atoms with E-state index in [1.54, 1.807) is 7.11 Å². The zero-order valence-corrected chi connectivity index (χ0v) is 14.4. The summed E-state index contributed by atoms with van der Waals surface area (Å²) in [5.74, 6) is -1.39. The lowest BCUT2D eigenvalue weighted by atomic mass is 10.1. The van der Waals surface area contributed by atoms with Crippen LogP contribution < -0.4 is 10.1 Å². The van der Waals surface area contributed by atoms with Crippen LogP contribution in [0, 0.1) is 5.82 Å². The van der Waals surface area contributed by atoms with Gasteiger partial charge in [0.05, 0.1) is 13.7 Å². The molecule has 0 bridgehead atoms. The van der Waals surface area contributed by atoms with E-state index in [0.29, 0.717) is 12.2 Å². The minimum Gasteiger partial charge on any atom is -0.475 e. The van der Waals surface area contributed by atoms with Crippen molar-refractivity contribution in [1.82, 2.24) is 10.3 Å². The highest BCUT2D eigenvalue weighted by Crippen LogP contribution is 2.17. The summed E-state index contributed by atoms with van der Waals surface area (Å²) in [4.78, 5) is 28.5. The number of carbonyl (C=O) groups is 2. The molecule has 1 amide bonds. The summed E-state index contributed by atoms with van der Waals surface area (Å²) < 4.78 is 28.1. The van der Waals surface area contributed by atoms with Crippen molar-refractivity contribution in [1.29, 1.82) is 0 Å². The minimum atomic E-state index is -1.07. The number of nitrogens with zero attached hydrogens (tertiary/aromatic N) is 1. The van der Waals surface area contributed by atoms with Crippen LogP contribution in [0.1, 0.15) is 22.0 Å². The van der Waals surface area contributed by atoms with Crippen LogP contribution in [0.5, 0.6) is 5.88 Å². The van der Waals surface area contributed by atoms with Crippen LogP contribution in [0.25, 0.3) is 0 Å². The number of ether oxygens (including phenoxy) is 3. The molecule has 0 aliphatic heterocycles. The van der Waals surface area contributed by atoms with E-state index < -0.39 is 23.7 Å². The van der Waals surface area contributed by atoms with Crippen LogP contribution in [-0.2, 0) is 14.3 Å². The zero-order valence-electron chi connectivity index (χ0n) is 14.4. The summed E-state index contributed by atoms with van der Waals surface area (Å²) in [6, 6.07) is 7.07. The first-order valence-electron chi connectivity index (χ1n) is 7.77. The van der Waals surface area contributed by atoms with E-state index in [1.165, 1.54) is 49.7 Å². The van der Waals surface area contributed by atoms with Crippen LogP contribution in [-0.4, -0.2) is 44.3 Å². The Morgan fingerprint density at radius 2 is 1.88 bits per heavy atom. The van der Waals surface area contributed by atoms with Crippen molar-refractivity contribution >= 4 is 11.9 Å². The summed E-state index contributed by atoms with van der Waals surface area (Å²) in [6.07, 6.45) is 1.42. The summed E-state index contributed by atoms with van der Waals surface area (Å²) in [5.41, 5.74) is 0.653. The van der Waals surface area contributed by atoms with Gasteiger partial charge in [0.2, 0.25) is 5.88 Å². The Balaban J connectivity index is 2.15. The van der Waals surface area contributed by atoms with E-state index in [9.17, 15) is 14.0 Å². The number of amides is 1. The number of halogens is 1. The number of methoxy groups -OCH3 is 2. The quantitative estimate of drug-likeness (QED) is 0.570. The molecule has 7 nitrogen and oxygen atoms in total. The highest BCUT2D eigenvalue weighted by molar-refractivity contribution is 5.97. The van der Waals surface area contributed by atoms with Gasteiger partial charge in [-0.2, -0.15) is 0 Å². The van der Waals surface area contributed by atoms with Gasteiger partial charge in [-0.1, -0.05) is 12.1 Å². The van der Waals surface area contributed by atoms with E-state index >= 15 is 0 Å². The first kappa shape index (κ1) is 19.3. The molecule has 1 N–H and O–H groups in total. The first-order valence-corrected chi connectivity index (χ1v) is 7.77. The molecule has 2 rings (SSSR count). The molecular weight excluding hydrogens is 343 g/mol. The van der Waals surface area contributed by atoms with E-state index in [-0.39, 0.29) is 18.1 Å². The van der Waals surface area contributed by atoms with Crippen molar-refractivity contribution < 1.29 is 28.2 Å². The molecule has 138 valence electrons. The first-order chi connectivity index (χ1) is 12.5. The van der Waals surface area contributed by atoms with E-state index in [1.807, 2.05) is 0 Å². The van der Waals surface area contributed by atoms with Gasteiger partial charge >= 0.3 is 5.97 Å². The normalized spacial score (nSPS) is 11.5. The average Bonchev–Trinajstić information content (AvgIpc) is 2.66. The van der Waals surface area contributed by atoms with Crippen molar-refractivity contribution in [3.05, 3.63) is 59.5 Å². The Labute approximate surface area is 150 Å². The van der Waals surface area contributed by atoms with Crippen molar-refractivity contribution in [2.24, 2.45) is 0 Å². The molecule has 0 fully saturated rings. The molecule has 0 spiro atoms. The number of carbonyl (C=O) groups excluding carboxylic acids is 2. The molecule has 26 heavy (non-hydrogen) atoms. The highest BCUT2D eigenvalue weighted by Gasteiger charge is 2.24. The Hall–Kier alpha value is -3.00. The van der Waals surface area contributed by atoms with Gasteiger partial charge in [0, 0.05) is 24.9 Å². The summed E-state index contributed by atoms with van der Waals surface area (Å²) in [6.45, 7) is 0.669. The number of pyridine rings is 1. The molecule has 0 unspecified atom stereocenters. The highest BCUT2D eigenvalue weighted by atomic mass is 19.1. The molecule has 1 aromatic carbocycles. The average molecular weight is 362 g/mol. The Bertz CT molecular complexity index is 752. The lowest BCUT2D eigenvalue weighted by molar-refractivity contribution is -0.143. The SMILES string of the molecule is COCCOc1cc(C(=O)N[C@@H](C(=O)OC)c2ccc(F)cc2)ccn1. The number of aromatic nitrogens is 1. The number of rotatable bonds is 8. The van der Waals surface area contributed by atoms with E-state index in [0.717, 1.165) is 0 Å². The fraction of sp³-hybridized carbons (Fsp3) is 0.278. The van der Waals surface area contributed by atoms with Crippen LogP contribution in [0.3, 0.4) is 0 Å². The number of hydrogen-bond acceptors (Lipinski definition) is 6. The van der Waals surface area contributed by atoms with Crippen LogP contribution in [0.2, 0.25) is 0 Å². The lowest BCUT2D eigenvalue weighted by Crippen LogP contribution is -2.34. The lowest BCUT2D eigenvalue weighted by Gasteiger charge is -2.17. The molecule has 0 aliphatic rings. The molecule has 2 aromatic rings. The topological polar surface area (TPSA) is 86.8 Å². The number of hydrogen-bond donors (Lipinski definition) is 1. The van der Waals surface area contributed by atoms with Crippen molar-refractivity contribution in [3.63, 3.8) is 0 Å². The Morgan fingerprint density at radius 1 is 1.15 bits per heavy atom. The van der Waals surface area contributed by atoms with Crippen LogP contribution in [0.4, 0.5) is 4.39 Å². The van der Waals surface area contributed by atoms with Gasteiger partial charge in [0.15, 0.2) is 6.04 Å². The molecule has 1 atom stereocenters. The fourth-order valence-electron chi connectivity index (χ4n) is 2.13. The minimum absolute atomic E-state index is 0.253.